The monoisotopic (exact) mass is 404 g/mol. The Hall–Kier alpha value is -2.48. The Morgan fingerprint density at radius 2 is 1.93 bits per heavy atom. The van der Waals surface area contributed by atoms with Crippen LogP contribution in [0.5, 0.6) is 0 Å². The zero-order chi connectivity index (χ0) is 19.8. The van der Waals surface area contributed by atoms with Crippen LogP contribution in [-0.2, 0) is 0 Å². The zero-order valence-corrected chi connectivity index (χ0v) is 16.8. The van der Waals surface area contributed by atoms with E-state index in [1.165, 1.54) is 24.1 Å². The van der Waals surface area contributed by atoms with Crippen LogP contribution in [0, 0.1) is 5.82 Å². The Morgan fingerprint density at radius 3 is 2.61 bits per heavy atom. The van der Waals surface area contributed by atoms with E-state index in [0.717, 1.165) is 12.5 Å². The van der Waals surface area contributed by atoms with Crippen molar-refractivity contribution in [3.8, 4) is 0 Å². The highest BCUT2D eigenvalue weighted by atomic mass is 32.2. The van der Waals surface area contributed by atoms with Gasteiger partial charge in [-0.05, 0) is 31.2 Å². The molecule has 2 aromatic rings. The van der Waals surface area contributed by atoms with E-state index in [1.807, 2.05) is 13.0 Å². The first-order chi connectivity index (χ1) is 13.7. The molecule has 1 amide bonds. The molecular formula is C20H25FN4O2S. The lowest BCUT2D eigenvalue weighted by atomic mass is 10.3. The lowest BCUT2D eigenvalue weighted by Gasteiger charge is -2.36. The number of carbonyl (C=O) groups is 1. The molecule has 1 aliphatic heterocycles. The number of aliphatic imine (C=N–C) groups is 1. The Bertz CT molecular complexity index is 789. The van der Waals surface area contributed by atoms with Crippen molar-refractivity contribution in [1.29, 1.82) is 0 Å². The second-order valence-corrected chi connectivity index (χ2v) is 7.41. The lowest BCUT2D eigenvalue weighted by molar-refractivity contribution is 0.0657. The fourth-order valence-electron chi connectivity index (χ4n) is 2.97. The normalized spacial score (nSPS) is 15.0. The first kappa shape index (κ1) is 20.3. The van der Waals surface area contributed by atoms with E-state index in [-0.39, 0.29) is 11.7 Å². The molecule has 0 radical (unpaired) electrons. The molecule has 150 valence electrons. The van der Waals surface area contributed by atoms with E-state index in [2.05, 4.69) is 15.2 Å². The number of guanidine groups is 1. The topological polar surface area (TPSA) is 61.1 Å². The molecule has 1 saturated heterocycles. The molecule has 2 heterocycles. The number of nitrogens with one attached hydrogen (secondary N) is 1. The van der Waals surface area contributed by atoms with Crippen LogP contribution >= 0.6 is 11.8 Å². The molecule has 1 aromatic heterocycles. The summed E-state index contributed by atoms with van der Waals surface area (Å²) in [6.07, 6.45) is 1.51. The molecule has 0 atom stereocenters. The number of thioether (sulfide) groups is 1. The van der Waals surface area contributed by atoms with E-state index in [0.29, 0.717) is 49.1 Å². The van der Waals surface area contributed by atoms with Gasteiger partial charge in [-0.1, -0.05) is 12.1 Å². The number of amides is 1. The average molecular weight is 405 g/mol. The van der Waals surface area contributed by atoms with Crippen molar-refractivity contribution in [1.82, 2.24) is 15.1 Å². The van der Waals surface area contributed by atoms with Gasteiger partial charge >= 0.3 is 0 Å². The third kappa shape index (κ3) is 5.28. The number of hydrogen-bond acceptors (Lipinski definition) is 4. The molecule has 1 N–H and O–H groups in total. The van der Waals surface area contributed by atoms with E-state index in [4.69, 9.17) is 4.42 Å². The largest absolute Gasteiger partial charge is 0.459 e. The zero-order valence-electron chi connectivity index (χ0n) is 15.9. The minimum Gasteiger partial charge on any atom is -0.459 e. The third-order valence-electron chi connectivity index (χ3n) is 4.38. The predicted octanol–water partition coefficient (Wildman–Crippen LogP) is 2.93. The molecule has 8 heteroatoms. The highest BCUT2D eigenvalue weighted by molar-refractivity contribution is 7.99. The number of piperazine rings is 1. The highest BCUT2D eigenvalue weighted by Gasteiger charge is 2.25. The van der Waals surface area contributed by atoms with Gasteiger partial charge in [0.25, 0.3) is 5.91 Å². The molecule has 28 heavy (non-hydrogen) atoms. The lowest BCUT2D eigenvalue weighted by Crippen LogP contribution is -2.53. The van der Waals surface area contributed by atoms with Crippen LogP contribution in [0.15, 0.2) is 57.0 Å². The maximum Gasteiger partial charge on any atom is 0.289 e. The Kier molecular flexibility index (Phi) is 7.36. The van der Waals surface area contributed by atoms with Gasteiger partial charge in [-0.15, -0.1) is 11.8 Å². The van der Waals surface area contributed by atoms with Gasteiger partial charge < -0.3 is 19.5 Å². The second kappa shape index (κ2) is 10.2. The van der Waals surface area contributed by atoms with Gasteiger partial charge in [0.1, 0.15) is 5.82 Å². The van der Waals surface area contributed by atoms with Gasteiger partial charge in [0.05, 0.1) is 12.8 Å². The van der Waals surface area contributed by atoms with E-state index in [1.54, 1.807) is 29.2 Å². The molecule has 0 bridgehead atoms. The molecule has 6 nitrogen and oxygen atoms in total. The quantitative estimate of drug-likeness (QED) is 0.347. The van der Waals surface area contributed by atoms with Crippen molar-refractivity contribution in [2.24, 2.45) is 4.99 Å². The summed E-state index contributed by atoms with van der Waals surface area (Å²) in [7, 11) is 0. The fraction of sp³-hybridized carbons (Fsp3) is 0.400. The molecule has 0 spiro atoms. The summed E-state index contributed by atoms with van der Waals surface area (Å²) in [4.78, 5) is 21.6. The van der Waals surface area contributed by atoms with Crippen LogP contribution in [0.3, 0.4) is 0 Å². The molecule has 0 unspecified atom stereocenters. The van der Waals surface area contributed by atoms with E-state index in [9.17, 15) is 9.18 Å². The van der Waals surface area contributed by atoms with Crippen molar-refractivity contribution in [2.75, 3.05) is 45.0 Å². The molecular weight excluding hydrogens is 379 g/mol. The minimum atomic E-state index is -0.194. The van der Waals surface area contributed by atoms with Crippen molar-refractivity contribution in [3.63, 3.8) is 0 Å². The fourth-order valence-corrected chi connectivity index (χ4v) is 3.76. The first-order valence-corrected chi connectivity index (χ1v) is 10.4. The summed E-state index contributed by atoms with van der Waals surface area (Å²) in [5.74, 6) is 1.64. The van der Waals surface area contributed by atoms with Gasteiger partial charge in [0.15, 0.2) is 11.7 Å². The van der Waals surface area contributed by atoms with E-state index >= 15 is 0 Å². The highest BCUT2D eigenvalue weighted by Crippen LogP contribution is 2.20. The van der Waals surface area contributed by atoms with Crippen LogP contribution in [0.2, 0.25) is 0 Å². The number of hydrogen-bond donors (Lipinski definition) is 1. The third-order valence-corrected chi connectivity index (χ3v) is 5.41. The first-order valence-electron chi connectivity index (χ1n) is 9.42. The number of nitrogens with zero attached hydrogens (tertiary/aromatic N) is 3. The minimum absolute atomic E-state index is 0.0760. The van der Waals surface area contributed by atoms with Crippen LogP contribution < -0.4 is 5.32 Å². The molecule has 0 aliphatic carbocycles. The number of furan rings is 1. The Morgan fingerprint density at radius 1 is 1.18 bits per heavy atom. The number of carbonyl (C=O) groups excluding carboxylic acids is 1. The van der Waals surface area contributed by atoms with Crippen LogP contribution in [0.4, 0.5) is 4.39 Å². The summed E-state index contributed by atoms with van der Waals surface area (Å²) in [6.45, 7) is 6.04. The van der Waals surface area contributed by atoms with Gasteiger partial charge in [0.2, 0.25) is 0 Å². The van der Waals surface area contributed by atoms with Crippen molar-refractivity contribution < 1.29 is 13.6 Å². The summed E-state index contributed by atoms with van der Waals surface area (Å²) >= 11 is 1.46. The molecule has 1 fully saturated rings. The second-order valence-electron chi connectivity index (χ2n) is 6.27. The summed E-state index contributed by atoms with van der Waals surface area (Å²) in [6, 6.07) is 10.2. The smallest absolute Gasteiger partial charge is 0.289 e. The Labute approximate surface area is 168 Å². The Balaban J connectivity index is 1.50. The van der Waals surface area contributed by atoms with Gasteiger partial charge in [0, 0.05) is 43.4 Å². The summed E-state index contributed by atoms with van der Waals surface area (Å²) in [5, 5.41) is 3.30. The summed E-state index contributed by atoms with van der Waals surface area (Å²) < 4.78 is 18.9. The van der Waals surface area contributed by atoms with Crippen molar-refractivity contribution in [2.45, 2.75) is 11.8 Å². The number of rotatable bonds is 6. The molecule has 3 rings (SSSR count). The van der Waals surface area contributed by atoms with E-state index < -0.39 is 0 Å². The van der Waals surface area contributed by atoms with Crippen LogP contribution in [-0.4, -0.2) is 66.7 Å². The van der Waals surface area contributed by atoms with Crippen LogP contribution in [0.1, 0.15) is 17.5 Å². The van der Waals surface area contributed by atoms with Gasteiger partial charge in [-0.3, -0.25) is 9.79 Å². The number of halogens is 1. The maximum atomic E-state index is 13.7. The SMILES string of the molecule is CCNC(=NCCSc1ccccc1F)N1CCN(C(=O)c2ccco2)CC1. The van der Waals surface area contributed by atoms with Gasteiger partial charge in [-0.25, -0.2) is 4.39 Å². The average Bonchev–Trinajstić information content (AvgIpc) is 3.26. The van der Waals surface area contributed by atoms with Crippen LogP contribution in [0.25, 0.3) is 0 Å². The van der Waals surface area contributed by atoms with Crippen molar-refractivity contribution in [3.05, 3.63) is 54.2 Å². The van der Waals surface area contributed by atoms with Crippen molar-refractivity contribution >= 4 is 23.6 Å². The predicted molar refractivity (Wildman–Crippen MR) is 109 cm³/mol. The molecule has 1 aliphatic rings. The molecule has 1 aromatic carbocycles. The number of benzene rings is 1. The maximum absolute atomic E-state index is 13.7. The standard InChI is InChI=1S/C20H25FN4O2S/c1-2-22-20(23-9-15-28-18-8-4-3-6-16(18)21)25-12-10-24(11-13-25)19(26)17-7-5-14-27-17/h3-8,14H,2,9-13,15H2,1H3,(H,22,23). The molecule has 0 saturated carbocycles. The van der Waals surface area contributed by atoms with Gasteiger partial charge in [-0.2, -0.15) is 0 Å². The summed E-state index contributed by atoms with van der Waals surface area (Å²) in [5.41, 5.74) is 0.